The Morgan fingerprint density at radius 3 is 2.83 bits per heavy atom. The molecule has 0 spiro atoms. The molecule has 1 aromatic heterocycles. The monoisotopic (exact) mass is 284 g/mol. The molecule has 3 nitrogen and oxygen atoms in total. The lowest BCUT2D eigenvalue weighted by Gasteiger charge is -2.20. The van der Waals surface area contributed by atoms with Gasteiger partial charge in [-0.05, 0) is 25.0 Å². The second kappa shape index (κ2) is 7.00. The van der Waals surface area contributed by atoms with Crippen LogP contribution < -0.4 is 5.32 Å². The predicted octanol–water partition coefficient (Wildman–Crippen LogP) is 3.74. The van der Waals surface area contributed by atoms with E-state index in [2.05, 4.69) is 10.3 Å². The molecule has 1 amide bonds. The lowest BCUT2D eigenvalue weighted by atomic mass is 10.0. The number of halogens is 1. The second-order valence-corrected chi connectivity index (χ2v) is 6.21. The third kappa shape index (κ3) is 4.50. The fourth-order valence-corrected chi connectivity index (χ4v) is 3.29. The molecular weight excluding hydrogens is 268 g/mol. The third-order valence-corrected chi connectivity index (χ3v) is 4.59. The third-order valence-electron chi connectivity index (χ3n) is 3.00. The van der Waals surface area contributed by atoms with Crippen molar-refractivity contribution in [1.29, 1.82) is 0 Å². The molecule has 0 saturated heterocycles. The lowest BCUT2D eigenvalue weighted by Crippen LogP contribution is -2.18. The number of thioether (sulfide) groups is 1. The Kier molecular flexibility index (Phi) is 5.32. The summed E-state index contributed by atoms with van der Waals surface area (Å²) >= 11 is 7.49. The lowest BCUT2D eigenvalue weighted by molar-refractivity contribution is -0.113. The van der Waals surface area contributed by atoms with Crippen LogP contribution in [0, 0.1) is 0 Å². The first-order valence-corrected chi connectivity index (χ1v) is 7.70. The maximum atomic E-state index is 11.7. The number of hydrogen-bond acceptors (Lipinski definition) is 3. The van der Waals surface area contributed by atoms with Crippen molar-refractivity contribution in [2.45, 2.75) is 37.4 Å². The van der Waals surface area contributed by atoms with Crippen LogP contribution in [-0.4, -0.2) is 21.9 Å². The molecule has 1 N–H and O–H groups in total. The minimum absolute atomic E-state index is 0.0143. The van der Waals surface area contributed by atoms with Crippen LogP contribution in [0.3, 0.4) is 0 Å². The molecule has 18 heavy (non-hydrogen) atoms. The molecule has 0 aliphatic heterocycles. The van der Waals surface area contributed by atoms with Gasteiger partial charge < -0.3 is 5.32 Å². The Balaban J connectivity index is 1.73. The maximum Gasteiger partial charge on any atom is 0.235 e. The highest BCUT2D eigenvalue weighted by Gasteiger charge is 2.15. The molecule has 1 saturated carbocycles. The van der Waals surface area contributed by atoms with Crippen molar-refractivity contribution in [3.8, 4) is 0 Å². The molecule has 0 atom stereocenters. The Morgan fingerprint density at radius 2 is 2.17 bits per heavy atom. The van der Waals surface area contributed by atoms with Crippen LogP contribution in [0.25, 0.3) is 0 Å². The number of nitrogens with zero attached hydrogens (tertiary/aromatic N) is 1. The summed E-state index contributed by atoms with van der Waals surface area (Å²) in [4.78, 5) is 15.8. The van der Waals surface area contributed by atoms with Crippen molar-refractivity contribution in [3.63, 3.8) is 0 Å². The van der Waals surface area contributed by atoms with Crippen molar-refractivity contribution in [2.24, 2.45) is 0 Å². The van der Waals surface area contributed by atoms with E-state index in [0.717, 1.165) is 0 Å². The summed E-state index contributed by atoms with van der Waals surface area (Å²) < 4.78 is 0. The van der Waals surface area contributed by atoms with Crippen LogP contribution in [0.2, 0.25) is 5.02 Å². The van der Waals surface area contributed by atoms with Crippen molar-refractivity contribution in [2.75, 3.05) is 11.1 Å². The summed E-state index contributed by atoms with van der Waals surface area (Å²) in [6, 6.07) is 3.43. The Hall–Kier alpha value is -0.740. The van der Waals surface area contributed by atoms with E-state index in [4.69, 9.17) is 11.6 Å². The number of nitrogens with one attached hydrogen (secondary N) is 1. The van der Waals surface area contributed by atoms with Crippen molar-refractivity contribution in [1.82, 2.24) is 4.98 Å². The first-order chi connectivity index (χ1) is 8.74. The van der Waals surface area contributed by atoms with Gasteiger partial charge in [0.05, 0.1) is 10.8 Å². The fraction of sp³-hybridized carbons (Fsp3) is 0.538. The Morgan fingerprint density at radius 1 is 1.39 bits per heavy atom. The molecule has 0 radical (unpaired) electrons. The van der Waals surface area contributed by atoms with Gasteiger partial charge in [0.15, 0.2) is 0 Å². The van der Waals surface area contributed by atoms with Crippen molar-refractivity contribution < 1.29 is 4.79 Å². The van der Waals surface area contributed by atoms with Gasteiger partial charge in [-0.3, -0.25) is 4.79 Å². The molecule has 0 unspecified atom stereocenters. The first kappa shape index (κ1) is 13.7. The van der Waals surface area contributed by atoms with Crippen LogP contribution >= 0.6 is 23.4 Å². The zero-order valence-corrected chi connectivity index (χ0v) is 11.8. The minimum atomic E-state index is 0.0143. The molecule has 5 heteroatoms. The van der Waals surface area contributed by atoms with Crippen LogP contribution in [0.1, 0.15) is 32.1 Å². The van der Waals surface area contributed by atoms with E-state index >= 15 is 0 Å². The summed E-state index contributed by atoms with van der Waals surface area (Å²) in [7, 11) is 0. The summed E-state index contributed by atoms with van der Waals surface area (Å²) in [5.74, 6) is 1.09. The van der Waals surface area contributed by atoms with Crippen LogP contribution in [0.4, 0.5) is 5.82 Å². The quantitative estimate of drug-likeness (QED) is 0.916. The first-order valence-electron chi connectivity index (χ1n) is 6.27. The number of carbonyl (C=O) groups is 1. The zero-order valence-electron chi connectivity index (χ0n) is 10.2. The normalized spacial score (nSPS) is 16.5. The van der Waals surface area contributed by atoms with Gasteiger partial charge in [0.25, 0.3) is 0 Å². The van der Waals surface area contributed by atoms with Gasteiger partial charge in [0, 0.05) is 11.4 Å². The number of rotatable bonds is 4. The molecule has 1 aromatic rings. The van der Waals surface area contributed by atoms with Gasteiger partial charge in [0.1, 0.15) is 5.82 Å². The SMILES string of the molecule is O=C(CSC1CCCCC1)Nc1ccc(Cl)cn1. The molecular formula is C13H17ClN2OS. The van der Waals surface area contributed by atoms with Gasteiger partial charge in [-0.15, -0.1) is 11.8 Å². The Labute approximate surface area is 117 Å². The van der Waals surface area contributed by atoms with Crippen LogP contribution in [0.15, 0.2) is 18.3 Å². The number of carbonyl (C=O) groups excluding carboxylic acids is 1. The van der Waals surface area contributed by atoms with E-state index in [1.807, 2.05) is 0 Å². The average Bonchev–Trinajstić information content (AvgIpc) is 2.40. The number of aromatic nitrogens is 1. The average molecular weight is 285 g/mol. The fourth-order valence-electron chi connectivity index (χ4n) is 2.05. The largest absolute Gasteiger partial charge is 0.310 e. The van der Waals surface area contributed by atoms with Gasteiger partial charge in [-0.2, -0.15) is 0 Å². The van der Waals surface area contributed by atoms with Crippen molar-refractivity contribution >= 4 is 35.1 Å². The number of pyridine rings is 1. The number of hydrogen-bond donors (Lipinski definition) is 1. The molecule has 1 aliphatic carbocycles. The smallest absolute Gasteiger partial charge is 0.235 e. The van der Waals surface area contributed by atoms with Gasteiger partial charge in [-0.1, -0.05) is 30.9 Å². The van der Waals surface area contributed by atoms with E-state index in [-0.39, 0.29) is 5.91 Å². The summed E-state index contributed by atoms with van der Waals surface area (Å²) in [6.45, 7) is 0. The van der Waals surface area contributed by atoms with E-state index in [1.165, 1.54) is 38.3 Å². The maximum absolute atomic E-state index is 11.7. The van der Waals surface area contributed by atoms with E-state index in [1.54, 1.807) is 23.9 Å². The highest BCUT2D eigenvalue weighted by molar-refractivity contribution is 8.00. The number of anilines is 1. The van der Waals surface area contributed by atoms with Crippen LogP contribution in [0.5, 0.6) is 0 Å². The van der Waals surface area contributed by atoms with E-state index in [0.29, 0.717) is 21.8 Å². The summed E-state index contributed by atoms with van der Waals surface area (Å²) in [5.41, 5.74) is 0. The second-order valence-electron chi connectivity index (χ2n) is 4.48. The predicted molar refractivity (Wildman–Crippen MR) is 77.2 cm³/mol. The molecule has 0 bridgehead atoms. The standard InChI is InChI=1S/C13H17ClN2OS/c14-10-6-7-12(15-8-10)16-13(17)9-18-11-4-2-1-3-5-11/h6-8,11H,1-5,9H2,(H,15,16,17). The van der Waals surface area contributed by atoms with E-state index < -0.39 is 0 Å². The highest BCUT2D eigenvalue weighted by atomic mass is 35.5. The minimum Gasteiger partial charge on any atom is -0.310 e. The molecule has 0 aromatic carbocycles. The van der Waals surface area contributed by atoms with Gasteiger partial charge in [-0.25, -0.2) is 4.98 Å². The highest BCUT2D eigenvalue weighted by Crippen LogP contribution is 2.28. The van der Waals surface area contributed by atoms with Gasteiger partial charge in [0.2, 0.25) is 5.91 Å². The van der Waals surface area contributed by atoms with Gasteiger partial charge >= 0.3 is 0 Å². The molecule has 1 heterocycles. The zero-order chi connectivity index (χ0) is 12.8. The summed E-state index contributed by atoms with van der Waals surface area (Å²) in [6.07, 6.45) is 7.98. The molecule has 1 aliphatic rings. The van der Waals surface area contributed by atoms with E-state index in [9.17, 15) is 4.79 Å². The van der Waals surface area contributed by atoms with Crippen LogP contribution in [-0.2, 0) is 4.79 Å². The Bertz CT molecular complexity index is 390. The molecule has 2 rings (SSSR count). The summed E-state index contributed by atoms with van der Waals surface area (Å²) in [5, 5.41) is 4.01. The number of amides is 1. The molecule has 1 fully saturated rings. The molecule has 98 valence electrons. The topological polar surface area (TPSA) is 42.0 Å². The van der Waals surface area contributed by atoms with Crippen molar-refractivity contribution in [3.05, 3.63) is 23.4 Å².